The van der Waals surface area contributed by atoms with Crippen LogP contribution in [0.1, 0.15) is 11.1 Å². The fourth-order valence-electron chi connectivity index (χ4n) is 2.14. The molecular formula is C17H13ClN2O3. The number of amides is 3. The van der Waals surface area contributed by atoms with Gasteiger partial charge in [-0.25, -0.2) is 4.79 Å². The van der Waals surface area contributed by atoms with E-state index < -0.39 is 11.9 Å². The van der Waals surface area contributed by atoms with Crippen molar-refractivity contribution < 1.29 is 14.3 Å². The maximum Gasteiger partial charge on any atom is 0.326 e. The molecule has 0 aromatic heterocycles. The number of carbonyl (C=O) groups excluding carboxylic acids is 2. The largest absolute Gasteiger partial charge is 0.488 e. The summed E-state index contributed by atoms with van der Waals surface area (Å²) in [5.74, 6) is 0.129. The first-order chi connectivity index (χ1) is 11.1. The van der Waals surface area contributed by atoms with Crippen LogP contribution < -0.4 is 15.4 Å². The third-order valence-electron chi connectivity index (χ3n) is 3.28. The molecule has 2 aromatic carbocycles. The number of urea groups is 1. The topological polar surface area (TPSA) is 67.4 Å². The summed E-state index contributed by atoms with van der Waals surface area (Å²) in [6.45, 7) is 0.304. The molecule has 0 bridgehead atoms. The molecule has 3 rings (SSSR count). The molecule has 23 heavy (non-hydrogen) atoms. The molecule has 1 saturated heterocycles. The molecule has 2 aromatic rings. The standard InChI is InChI=1S/C17H13ClN2O3/c18-13-7-3-1-6-12(13)10-23-15-8-4-2-5-11(15)9-14-16(21)20-17(22)19-14/h1-9H,10H2,(H2,19,20,21,22). The van der Waals surface area contributed by atoms with Crippen LogP contribution in [-0.4, -0.2) is 11.9 Å². The van der Waals surface area contributed by atoms with Crippen molar-refractivity contribution in [3.05, 3.63) is 70.4 Å². The second-order valence-corrected chi connectivity index (χ2v) is 5.29. The zero-order chi connectivity index (χ0) is 16.2. The SMILES string of the molecule is O=C1NC(=O)C(=Cc2ccccc2OCc2ccccc2Cl)N1. The van der Waals surface area contributed by atoms with Gasteiger partial charge < -0.3 is 10.1 Å². The molecule has 0 saturated carbocycles. The molecule has 6 heteroatoms. The van der Waals surface area contributed by atoms with E-state index in [2.05, 4.69) is 10.6 Å². The number of rotatable bonds is 4. The van der Waals surface area contributed by atoms with E-state index in [9.17, 15) is 9.59 Å². The lowest BCUT2D eigenvalue weighted by Gasteiger charge is -2.10. The van der Waals surface area contributed by atoms with Gasteiger partial charge in [-0.1, -0.05) is 48.0 Å². The number of benzene rings is 2. The summed E-state index contributed by atoms with van der Waals surface area (Å²) >= 11 is 6.11. The minimum atomic E-state index is -0.532. The van der Waals surface area contributed by atoms with Crippen LogP contribution in [0.2, 0.25) is 5.02 Å². The van der Waals surface area contributed by atoms with E-state index in [1.54, 1.807) is 24.3 Å². The molecule has 0 spiro atoms. The van der Waals surface area contributed by atoms with Crippen LogP contribution in [0.4, 0.5) is 4.79 Å². The highest BCUT2D eigenvalue weighted by molar-refractivity contribution is 6.31. The first-order valence-electron chi connectivity index (χ1n) is 6.93. The van der Waals surface area contributed by atoms with Gasteiger partial charge in [0, 0.05) is 16.1 Å². The van der Waals surface area contributed by atoms with E-state index in [-0.39, 0.29) is 5.70 Å². The van der Waals surface area contributed by atoms with E-state index in [1.165, 1.54) is 0 Å². The molecule has 1 aliphatic rings. The van der Waals surface area contributed by atoms with Gasteiger partial charge in [0.1, 0.15) is 18.1 Å². The van der Waals surface area contributed by atoms with Crippen LogP contribution in [0.15, 0.2) is 54.2 Å². The highest BCUT2D eigenvalue weighted by Crippen LogP contribution is 2.24. The van der Waals surface area contributed by atoms with Crippen LogP contribution in [-0.2, 0) is 11.4 Å². The molecule has 2 N–H and O–H groups in total. The fraction of sp³-hybridized carbons (Fsp3) is 0.0588. The summed E-state index contributed by atoms with van der Waals surface area (Å²) in [4.78, 5) is 22.8. The van der Waals surface area contributed by atoms with E-state index >= 15 is 0 Å². The average molecular weight is 329 g/mol. The van der Waals surface area contributed by atoms with E-state index in [0.29, 0.717) is 22.9 Å². The van der Waals surface area contributed by atoms with Crippen molar-refractivity contribution >= 4 is 29.6 Å². The first kappa shape index (κ1) is 15.1. The van der Waals surface area contributed by atoms with Gasteiger partial charge >= 0.3 is 6.03 Å². The first-order valence-corrected chi connectivity index (χ1v) is 7.30. The van der Waals surface area contributed by atoms with Gasteiger partial charge in [-0.15, -0.1) is 0 Å². The predicted molar refractivity (Wildman–Crippen MR) is 86.9 cm³/mol. The number of para-hydroxylation sites is 1. The minimum Gasteiger partial charge on any atom is -0.488 e. The quantitative estimate of drug-likeness (QED) is 0.669. The van der Waals surface area contributed by atoms with Gasteiger partial charge in [0.05, 0.1) is 0 Å². The Labute approximate surface area is 137 Å². The number of halogens is 1. The Morgan fingerprint density at radius 2 is 1.74 bits per heavy atom. The van der Waals surface area contributed by atoms with Crippen molar-refractivity contribution in [3.63, 3.8) is 0 Å². The van der Waals surface area contributed by atoms with Gasteiger partial charge in [0.2, 0.25) is 0 Å². The number of nitrogens with one attached hydrogen (secondary N) is 2. The summed E-state index contributed by atoms with van der Waals surface area (Å²) in [5.41, 5.74) is 1.74. The van der Waals surface area contributed by atoms with Crippen molar-refractivity contribution in [3.8, 4) is 5.75 Å². The van der Waals surface area contributed by atoms with Gasteiger partial charge in [-0.3, -0.25) is 10.1 Å². The van der Waals surface area contributed by atoms with Crippen molar-refractivity contribution in [2.24, 2.45) is 0 Å². The molecule has 0 unspecified atom stereocenters. The van der Waals surface area contributed by atoms with Crippen LogP contribution in [0.25, 0.3) is 6.08 Å². The molecule has 3 amide bonds. The third-order valence-corrected chi connectivity index (χ3v) is 3.65. The fourth-order valence-corrected chi connectivity index (χ4v) is 2.33. The molecule has 0 aliphatic carbocycles. The molecule has 0 atom stereocenters. The van der Waals surface area contributed by atoms with E-state index in [0.717, 1.165) is 5.56 Å². The lowest BCUT2D eigenvalue weighted by Crippen LogP contribution is -2.22. The maximum absolute atomic E-state index is 11.6. The second-order valence-electron chi connectivity index (χ2n) is 4.88. The van der Waals surface area contributed by atoms with Gasteiger partial charge in [-0.05, 0) is 18.2 Å². The van der Waals surface area contributed by atoms with Crippen LogP contribution in [0.5, 0.6) is 5.75 Å². The van der Waals surface area contributed by atoms with Crippen LogP contribution >= 0.6 is 11.6 Å². The Bertz CT molecular complexity index is 802. The third kappa shape index (κ3) is 3.52. The normalized spacial score (nSPS) is 15.4. The molecule has 1 aliphatic heterocycles. The number of imide groups is 1. The van der Waals surface area contributed by atoms with E-state index in [1.807, 2.05) is 30.3 Å². The zero-order valence-corrected chi connectivity index (χ0v) is 12.8. The lowest BCUT2D eigenvalue weighted by molar-refractivity contribution is -0.115. The lowest BCUT2D eigenvalue weighted by atomic mass is 10.1. The number of hydrogen-bond donors (Lipinski definition) is 2. The summed E-state index contributed by atoms with van der Waals surface area (Å²) in [7, 11) is 0. The smallest absolute Gasteiger partial charge is 0.326 e. The second kappa shape index (κ2) is 6.54. The Balaban J connectivity index is 1.81. The summed E-state index contributed by atoms with van der Waals surface area (Å²) < 4.78 is 5.80. The zero-order valence-electron chi connectivity index (χ0n) is 12.0. The number of ether oxygens (including phenoxy) is 1. The summed E-state index contributed by atoms with van der Waals surface area (Å²) in [6, 6.07) is 14.1. The molecule has 0 radical (unpaired) electrons. The highest BCUT2D eigenvalue weighted by Gasteiger charge is 2.23. The summed E-state index contributed by atoms with van der Waals surface area (Å²) in [5, 5.41) is 5.23. The van der Waals surface area contributed by atoms with Crippen molar-refractivity contribution in [2.45, 2.75) is 6.61 Å². The van der Waals surface area contributed by atoms with Crippen LogP contribution in [0, 0.1) is 0 Å². The molecule has 1 heterocycles. The van der Waals surface area contributed by atoms with E-state index in [4.69, 9.17) is 16.3 Å². The maximum atomic E-state index is 11.6. The molecule has 116 valence electrons. The minimum absolute atomic E-state index is 0.184. The van der Waals surface area contributed by atoms with Crippen molar-refractivity contribution in [1.29, 1.82) is 0 Å². The molecular weight excluding hydrogens is 316 g/mol. The average Bonchev–Trinajstić information content (AvgIpc) is 2.85. The summed E-state index contributed by atoms with van der Waals surface area (Å²) in [6.07, 6.45) is 1.57. The van der Waals surface area contributed by atoms with Crippen LogP contribution in [0.3, 0.4) is 0 Å². The van der Waals surface area contributed by atoms with Crippen molar-refractivity contribution in [2.75, 3.05) is 0 Å². The number of carbonyl (C=O) groups is 2. The highest BCUT2D eigenvalue weighted by atomic mass is 35.5. The Morgan fingerprint density at radius 3 is 2.48 bits per heavy atom. The monoisotopic (exact) mass is 328 g/mol. The van der Waals surface area contributed by atoms with Gasteiger partial charge in [-0.2, -0.15) is 0 Å². The Kier molecular flexibility index (Phi) is 4.30. The van der Waals surface area contributed by atoms with Crippen molar-refractivity contribution in [1.82, 2.24) is 10.6 Å². The van der Waals surface area contributed by atoms with Gasteiger partial charge in [0.15, 0.2) is 0 Å². The number of hydrogen-bond acceptors (Lipinski definition) is 3. The molecule has 1 fully saturated rings. The predicted octanol–water partition coefficient (Wildman–Crippen LogP) is 3.10. The van der Waals surface area contributed by atoms with Gasteiger partial charge in [0.25, 0.3) is 5.91 Å². The Hall–Kier alpha value is -2.79. The Morgan fingerprint density at radius 1 is 1.00 bits per heavy atom. The molecule has 5 nitrogen and oxygen atoms in total.